The van der Waals surface area contributed by atoms with Crippen molar-refractivity contribution in [3.8, 4) is 0 Å². The molecule has 1 aliphatic carbocycles. The van der Waals surface area contributed by atoms with Crippen molar-refractivity contribution in [2.24, 2.45) is 5.41 Å². The van der Waals surface area contributed by atoms with Crippen molar-refractivity contribution in [1.82, 2.24) is 5.32 Å². The summed E-state index contributed by atoms with van der Waals surface area (Å²) in [6.45, 7) is 1.12. The Morgan fingerprint density at radius 1 is 1.24 bits per heavy atom. The fourth-order valence-corrected chi connectivity index (χ4v) is 2.32. The molecule has 0 saturated heterocycles. The van der Waals surface area contributed by atoms with Crippen molar-refractivity contribution in [2.75, 3.05) is 25.6 Å². The van der Waals surface area contributed by atoms with Crippen LogP contribution in [-0.4, -0.2) is 32.1 Å². The second-order valence-corrected chi connectivity index (χ2v) is 6.06. The van der Waals surface area contributed by atoms with Crippen LogP contribution in [0.1, 0.15) is 19.3 Å². The van der Waals surface area contributed by atoms with E-state index in [9.17, 15) is 9.59 Å². The lowest BCUT2D eigenvalue weighted by atomic mass is 10.0. The molecule has 114 valence electrons. The van der Waals surface area contributed by atoms with E-state index >= 15 is 0 Å². The molecule has 0 atom stereocenters. The van der Waals surface area contributed by atoms with Crippen LogP contribution in [0.2, 0.25) is 0 Å². The van der Waals surface area contributed by atoms with Gasteiger partial charge in [-0.15, -0.1) is 0 Å². The van der Waals surface area contributed by atoms with E-state index in [2.05, 4.69) is 26.6 Å². The molecule has 6 heteroatoms. The maximum Gasteiger partial charge on any atom is 0.240 e. The van der Waals surface area contributed by atoms with Crippen molar-refractivity contribution >= 4 is 33.4 Å². The van der Waals surface area contributed by atoms with Gasteiger partial charge in [0.1, 0.15) is 5.41 Å². The second-order valence-electron chi connectivity index (χ2n) is 5.15. The average molecular weight is 355 g/mol. The molecule has 1 saturated carbocycles. The second kappa shape index (κ2) is 7.04. The number of anilines is 1. The maximum absolute atomic E-state index is 12.3. The Bertz CT molecular complexity index is 512. The topological polar surface area (TPSA) is 67.4 Å². The first kappa shape index (κ1) is 16.0. The van der Waals surface area contributed by atoms with Gasteiger partial charge in [0.05, 0.1) is 0 Å². The molecule has 2 amide bonds. The van der Waals surface area contributed by atoms with Gasteiger partial charge in [-0.3, -0.25) is 9.59 Å². The van der Waals surface area contributed by atoms with Gasteiger partial charge in [-0.25, -0.2) is 0 Å². The molecule has 21 heavy (non-hydrogen) atoms. The first-order chi connectivity index (χ1) is 10.1. The molecule has 2 rings (SSSR count). The van der Waals surface area contributed by atoms with Crippen molar-refractivity contribution in [2.45, 2.75) is 19.3 Å². The van der Waals surface area contributed by atoms with Crippen LogP contribution in [0.4, 0.5) is 5.69 Å². The van der Waals surface area contributed by atoms with Crippen molar-refractivity contribution in [3.63, 3.8) is 0 Å². The SMILES string of the molecule is COCCCNC(=O)C1(C(=O)Nc2ccc(Br)cc2)CC1. The number of hydrogen-bond donors (Lipinski definition) is 2. The highest BCUT2D eigenvalue weighted by atomic mass is 79.9. The number of hydrogen-bond acceptors (Lipinski definition) is 3. The molecule has 0 radical (unpaired) electrons. The summed E-state index contributed by atoms with van der Waals surface area (Å²) in [5.41, 5.74) is -0.193. The first-order valence-electron chi connectivity index (χ1n) is 6.93. The van der Waals surface area contributed by atoms with Crippen molar-refractivity contribution in [3.05, 3.63) is 28.7 Å². The summed E-state index contributed by atoms with van der Waals surface area (Å²) in [6.07, 6.45) is 1.95. The lowest BCUT2D eigenvalue weighted by molar-refractivity contribution is -0.134. The van der Waals surface area contributed by atoms with E-state index < -0.39 is 5.41 Å². The van der Waals surface area contributed by atoms with Gasteiger partial charge in [0.25, 0.3) is 0 Å². The molecular weight excluding hydrogens is 336 g/mol. The van der Waals surface area contributed by atoms with Crippen LogP contribution in [0.5, 0.6) is 0 Å². The fourth-order valence-electron chi connectivity index (χ4n) is 2.05. The number of ether oxygens (including phenoxy) is 1. The lowest BCUT2D eigenvalue weighted by Crippen LogP contribution is -2.40. The molecule has 0 aromatic heterocycles. The Balaban J connectivity index is 1.88. The minimum Gasteiger partial charge on any atom is -0.385 e. The highest BCUT2D eigenvalue weighted by Gasteiger charge is 2.56. The normalized spacial score (nSPS) is 15.3. The highest BCUT2D eigenvalue weighted by molar-refractivity contribution is 9.10. The predicted molar refractivity (Wildman–Crippen MR) is 83.9 cm³/mol. The standard InChI is InChI=1S/C15H19BrN2O3/c1-21-10-2-9-17-13(19)15(7-8-15)14(20)18-12-5-3-11(16)4-6-12/h3-6H,2,7-10H2,1H3,(H,17,19)(H,18,20). The third kappa shape index (κ3) is 4.04. The van der Waals surface area contributed by atoms with Crippen LogP contribution < -0.4 is 10.6 Å². The van der Waals surface area contributed by atoms with Gasteiger partial charge in [0, 0.05) is 30.4 Å². The van der Waals surface area contributed by atoms with Gasteiger partial charge in [-0.1, -0.05) is 15.9 Å². The predicted octanol–water partition coefficient (Wildman–Crippen LogP) is 2.32. The Kier molecular flexibility index (Phi) is 5.36. The van der Waals surface area contributed by atoms with Gasteiger partial charge in [-0.05, 0) is 43.5 Å². The Labute approximate surface area is 132 Å². The van der Waals surface area contributed by atoms with Crippen LogP contribution in [0, 0.1) is 5.41 Å². The van der Waals surface area contributed by atoms with Crippen LogP contribution in [0.3, 0.4) is 0 Å². The number of methoxy groups -OCH3 is 1. The molecule has 0 aliphatic heterocycles. The molecule has 0 spiro atoms. The molecule has 1 aromatic carbocycles. The zero-order chi connectivity index (χ0) is 15.3. The zero-order valence-corrected chi connectivity index (χ0v) is 13.5. The summed E-state index contributed by atoms with van der Waals surface area (Å²) in [5, 5.41) is 5.62. The number of rotatable bonds is 7. The van der Waals surface area contributed by atoms with Crippen LogP contribution in [-0.2, 0) is 14.3 Å². The molecule has 5 nitrogen and oxygen atoms in total. The Morgan fingerprint density at radius 2 is 1.90 bits per heavy atom. The summed E-state index contributed by atoms with van der Waals surface area (Å²) in [4.78, 5) is 24.5. The molecule has 0 unspecified atom stereocenters. The largest absolute Gasteiger partial charge is 0.385 e. The lowest BCUT2D eigenvalue weighted by Gasteiger charge is -2.15. The van der Waals surface area contributed by atoms with E-state index in [-0.39, 0.29) is 11.8 Å². The molecule has 1 aliphatic rings. The molecule has 1 aromatic rings. The number of carbonyl (C=O) groups is 2. The van der Waals surface area contributed by atoms with E-state index in [0.29, 0.717) is 31.7 Å². The zero-order valence-electron chi connectivity index (χ0n) is 11.9. The van der Waals surface area contributed by atoms with Gasteiger partial charge < -0.3 is 15.4 Å². The summed E-state index contributed by atoms with van der Waals surface area (Å²) in [7, 11) is 1.62. The van der Waals surface area contributed by atoms with Gasteiger partial charge in [0.15, 0.2) is 0 Å². The average Bonchev–Trinajstić information content (AvgIpc) is 3.27. The van der Waals surface area contributed by atoms with Crippen molar-refractivity contribution in [1.29, 1.82) is 0 Å². The first-order valence-corrected chi connectivity index (χ1v) is 7.72. The van der Waals surface area contributed by atoms with Crippen LogP contribution >= 0.6 is 15.9 Å². The molecule has 2 N–H and O–H groups in total. The number of halogens is 1. The Hall–Kier alpha value is -1.40. The quantitative estimate of drug-likeness (QED) is 0.583. The molecular formula is C15H19BrN2O3. The van der Waals surface area contributed by atoms with E-state index in [0.717, 1.165) is 10.9 Å². The monoisotopic (exact) mass is 354 g/mol. The number of carbonyl (C=O) groups excluding carboxylic acids is 2. The summed E-state index contributed by atoms with van der Waals surface area (Å²) >= 11 is 3.34. The summed E-state index contributed by atoms with van der Waals surface area (Å²) < 4.78 is 5.87. The van der Waals surface area contributed by atoms with Crippen LogP contribution in [0.25, 0.3) is 0 Å². The van der Waals surface area contributed by atoms with E-state index in [1.807, 2.05) is 12.1 Å². The van der Waals surface area contributed by atoms with Crippen molar-refractivity contribution < 1.29 is 14.3 Å². The van der Waals surface area contributed by atoms with E-state index in [1.54, 1.807) is 19.2 Å². The number of nitrogens with one attached hydrogen (secondary N) is 2. The van der Waals surface area contributed by atoms with E-state index in [1.165, 1.54) is 0 Å². The van der Waals surface area contributed by atoms with E-state index in [4.69, 9.17) is 4.74 Å². The summed E-state index contributed by atoms with van der Waals surface area (Å²) in [5.74, 6) is -0.415. The fraction of sp³-hybridized carbons (Fsp3) is 0.467. The maximum atomic E-state index is 12.3. The molecule has 1 fully saturated rings. The number of benzene rings is 1. The Morgan fingerprint density at radius 3 is 2.48 bits per heavy atom. The summed E-state index contributed by atoms with van der Waals surface area (Å²) in [6, 6.07) is 7.29. The molecule has 0 bridgehead atoms. The smallest absolute Gasteiger partial charge is 0.240 e. The van der Waals surface area contributed by atoms with Gasteiger partial charge in [-0.2, -0.15) is 0 Å². The highest BCUT2D eigenvalue weighted by Crippen LogP contribution is 2.46. The number of amides is 2. The van der Waals surface area contributed by atoms with Gasteiger partial charge in [0.2, 0.25) is 11.8 Å². The third-order valence-corrected chi connectivity index (χ3v) is 4.06. The minimum atomic E-state index is -0.889. The molecule has 0 heterocycles. The minimum absolute atomic E-state index is 0.187. The van der Waals surface area contributed by atoms with Gasteiger partial charge >= 0.3 is 0 Å². The third-order valence-electron chi connectivity index (χ3n) is 3.53. The van der Waals surface area contributed by atoms with Crippen LogP contribution in [0.15, 0.2) is 28.7 Å².